The van der Waals surface area contributed by atoms with Crippen LogP contribution in [0.15, 0.2) is 84.1 Å². The van der Waals surface area contributed by atoms with Crippen molar-refractivity contribution in [3.05, 3.63) is 102 Å². The van der Waals surface area contributed by atoms with Crippen molar-refractivity contribution in [2.24, 2.45) is 0 Å². The largest absolute Gasteiger partial charge is 0.496 e. The second-order valence-corrected chi connectivity index (χ2v) is 19.4. The van der Waals surface area contributed by atoms with Gasteiger partial charge in [-0.1, -0.05) is 63.3 Å². The van der Waals surface area contributed by atoms with E-state index < -0.39 is 18.2 Å². The number of aryl methyl sites for hydroxylation is 1. The predicted molar refractivity (Wildman–Crippen MR) is 185 cm³/mol. The highest BCUT2D eigenvalue weighted by molar-refractivity contribution is 7.90. The zero-order valence-electron chi connectivity index (χ0n) is 28.0. The van der Waals surface area contributed by atoms with Crippen molar-refractivity contribution >= 4 is 18.2 Å². The number of hydrogen-bond donors (Lipinski definition) is 0. The summed E-state index contributed by atoms with van der Waals surface area (Å²) in [5, 5.41) is 0.202. The Kier molecular flexibility index (Phi) is 13.6. The second-order valence-electron chi connectivity index (χ2n) is 12.6. The van der Waals surface area contributed by atoms with Crippen LogP contribution in [-0.2, 0) is 39.3 Å². The van der Waals surface area contributed by atoms with Crippen LogP contribution in [0.2, 0.25) is 18.1 Å². The summed E-state index contributed by atoms with van der Waals surface area (Å²) in [4.78, 5) is 9.40. The lowest BCUT2D eigenvalue weighted by molar-refractivity contribution is 0.327. The molecule has 45 heavy (non-hydrogen) atoms. The van der Waals surface area contributed by atoms with Gasteiger partial charge in [-0.05, 0) is 80.9 Å². The minimum Gasteiger partial charge on any atom is -0.496 e. The number of rotatable bonds is 17. The van der Waals surface area contributed by atoms with E-state index in [2.05, 4.69) is 68.1 Å². The summed E-state index contributed by atoms with van der Waals surface area (Å²) in [6.45, 7) is 12.0. The van der Waals surface area contributed by atoms with Crippen molar-refractivity contribution in [1.82, 2.24) is 9.97 Å². The SMILES string of the molecule is COc1ccnc(CC/C=C\CCc2c(OC)ccnc2CS(=O)(=O)c2ccccc2)c1CC/C=C\CO[Si](C)(C)C(C)(C)C. The Morgan fingerprint density at radius 2 is 1.24 bits per heavy atom. The van der Waals surface area contributed by atoms with E-state index in [1.165, 1.54) is 0 Å². The first kappa shape index (κ1) is 36.2. The van der Waals surface area contributed by atoms with Gasteiger partial charge in [0, 0.05) is 29.2 Å². The Morgan fingerprint density at radius 1 is 0.733 bits per heavy atom. The quantitative estimate of drug-likeness (QED) is 0.108. The maximum Gasteiger partial charge on any atom is 0.192 e. The predicted octanol–water partition coefficient (Wildman–Crippen LogP) is 8.10. The number of nitrogens with zero attached hydrogens (tertiary/aromatic N) is 2. The Labute approximate surface area is 271 Å². The molecule has 0 unspecified atom stereocenters. The number of methoxy groups -OCH3 is 2. The van der Waals surface area contributed by atoms with Crippen molar-refractivity contribution in [3.63, 3.8) is 0 Å². The first-order chi connectivity index (χ1) is 21.4. The van der Waals surface area contributed by atoms with Gasteiger partial charge in [0.2, 0.25) is 0 Å². The molecule has 0 saturated heterocycles. The summed E-state index contributed by atoms with van der Waals surface area (Å²) in [7, 11) is -1.97. The van der Waals surface area contributed by atoms with Crippen LogP contribution in [0, 0.1) is 0 Å². The molecule has 2 aromatic heterocycles. The second kappa shape index (κ2) is 16.9. The molecule has 0 aliphatic rings. The molecule has 0 spiro atoms. The molecule has 244 valence electrons. The van der Waals surface area contributed by atoms with Crippen LogP contribution in [0.1, 0.15) is 62.5 Å². The van der Waals surface area contributed by atoms with Gasteiger partial charge in [0.15, 0.2) is 18.2 Å². The molecule has 0 bridgehead atoms. The average molecular weight is 651 g/mol. The van der Waals surface area contributed by atoms with Gasteiger partial charge < -0.3 is 13.9 Å². The minimum atomic E-state index is -3.53. The first-order valence-corrected chi connectivity index (χ1v) is 20.2. The van der Waals surface area contributed by atoms with Gasteiger partial charge in [0.25, 0.3) is 0 Å². The molecule has 0 aliphatic carbocycles. The normalized spacial score (nSPS) is 12.7. The molecule has 0 N–H and O–H groups in total. The van der Waals surface area contributed by atoms with E-state index in [1.807, 2.05) is 12.3 Å². The highest BCUT2D eigenvalue weighted by atomic mass is 32.2. The Hall–Kier alpha value is -3.27. The molecule has 1 aromatic carbocycles. The molecular formula is C36H50N2O5SSi. The molecule has 3 rings (SSSR count). The molecule has 0 saturated carbocycles. The third-order valence-electron chi connectivity index (χ3n) is 8.42. The molecule has 7 nitrogen and oxygen atoms in total. The van der Waals surface area contributed by atoms with Crippen LogP contribution < -0.4 is 9.47 Å². The average Bonchev–Trinajstić information content (AvgIpc) is 3.01. The zero-order chi connectivity index (χ0) is 32.9. The third kappa shape index (κ3) is 10.7. The molecular weight excluding hydrogens is 601 g/mol. The van der Waals surface area contributed by atoms with E-state index in [1.54, 1.807) is 56.8 Å². The number of aromatic nitrogens is 2. The standard InChI is InChI=1S/C36H50N2O5SSi/c1-36(2,3)45(6,7)43-27-17-11-15-20-30-32(37-25-23-34(30)41-4)22-16-9-8-14-21-31-33(38-26-24-35(31)42-5)28-44(39,40)29-18-12-10-13-19-29/h8-13,17-19,23-26H,14-16,20-22,27-28H2,1-7H3/b9-8-,17-11-. The van der Waals surface area contributed by atoms with Gasteiger partial charge in [-0.25, -0.2) is 8.42 Å². The molecule has 0 radical (unpaired) electrons. The third-order valence-corrected chi connectivity index (χ3v) is 14.6. The van der Waals surface area contributed by atoms with Crippen LogP contribution >= 0.6 is 0 Å². The first-order valence-electron chi connectivity index (χ1n) is 15.6. The van der Waals surface area contributed by atoms with Gasteiger partial charge in [-0.15, -0.1) is 0 Å². The fraction of sp³-hybridized carbons (Fsp3) is 0.444. The van der Waals surface area contributed by atoms with E-state index in [9.17, 15) is 8.42 Å². The van der Waals surface area contributed by atoms with Gasteiger partial charge in [0.1, 0.15) is 11.5 Å². The van der Waals surface area contributed by atoms with E-state index in [0.717, 1.165) is 54.7 Å². The lowest BCUT2D eigenvalue weighted by atomic mass is 10.0. The Bertz CT molecular complexity index is 1530. The number of pyridine rings is 2. The summed E-state index contributed by atoms with van der Waals surface area (Å²) in [6, 6.07) is 12.2. The summed E-state index contributed by atoms with van der Waals surface area (Å²) < 4.78 is 43.6. The van der Waals surface area contributed by atoms with Crippen LogP contribution in [-0.4, -0.2) is 47.5 Å². The van der Waals surface area contributed by atoms with Crippen LogP contribution in [0.4, 0.5) is 0 Å². The minimum absolute atomic E-state index is 0.170. The van der Waals surface area contributed by atoms with Crippen molar-refractivity contribution in [3.8, 4) is 11.5 Å². The highest BCUT2D eigenvalue weighted by Gasteiger charge is 2.36. The van der Waals surface area contributed by atoms with Gasteiger partial charge in [-0.3, -0.25) is 9.97 Å². The molecule has 0 fully saturated rings. The van der Waals surface area contributed by atoms with Crippen molar-refractivity contribution < 1.29 is 22.3 Å². The maximum absolute atomic E-state index is 13.0. The Balaban J connectivity index is 1.57. The number of allylic oxidation sites excluding steroid dienone is 3. The number of sulfone groups is 1. The summed E-state index contributed by atoms with van der Waals surface area (Å²) in [5.74, 6) is 1.36. The molecule has 0 amide bonds. The summed E-state index contributed by atoms with van der Waals surface area (Å²) >= 11 is 0. The highest BCUT2D eigenvalue weighted by Crippen LogP contribution is 2.36. The van der Waals surface area contributed by atoms with Gasteiger partial charge >= 0.3 is 0 Å². The fourth-order valence-electron chi connectivity index (χ4n) is 4.75. The van der Waals surface area contributed by atoms with E-state index in [4.69, 9.17) is 13.9 Å². The number of hydrogen-bond acceptors (Lipinski definition) is 7. The summed E-state index contributed by atoms with van der Waals surface area (Å²) in [6.07, 6.45) is 16.8. The summed E-state index contributed by atoms with van der Waals surface area (Å²) in [5.41, 5.74) is 3.54. The van der Waals surface area contributed by atoms with E-state index in [-0.39, 0.29) is 15.7 Å². The van der Waals surface area contributed by atoms with Crippen molar-refractivity contribution in [2.45, 2.75) is 88.1 Å². The van der Waals surface area contributed by atoms with E-state index in [0.29, 0.717) is 24.5 Å². The molecule has 3 aromatic rings. The van der Waals surface area contributed by atoms with Gasteiger partial charge in [-0.2, -0.15) is 0 Å². The molecule has 9 heteroatoms. The van der Waals surface area contributed by atoms with Crippen LogP contribution in [0.25, 0.3) is 0 Å². The lowest BCUT2D eigenvalue weighted by Gasteiger charge is -2.35. The smallest absolute Gasteiger partial charge is 0.192 e. The molecule has 2 heterocycles. The number of benzene rings is 1. The molecule has 0 aliphatic heterocycles. The lowest BCUT2D eigenvalue weighted by Crippen LogP contribution is -2.40. The van der Waals surface area contributed by atoms with Gasteiger partial charge in [0.05, 0.1) is 37.2 Å². The van der Waals surface area contributed by atoms with E-state index >= 15 is 0 Å². The topological polar surface area (TPSA) is 87.6 Å². The molecule has 0 atom stereocenters. The number of ether oxygens (including phenoxy) is 2. The maximum atomic E-state index is 13.0. The van der Waals surface area contributed by atoms with Crippen molar-refractivity contribution in [1.29, 1.82) is 0 Å². The monoisotopic (exact) mass is 650 g/mol. The zero-order valence-corrected chi connectivity index (χ0v) is 29.8. The van der Waals surface area contributed by atoms with Crippen molar-refractivity contribution in [2.75, 3.05) is 20.8 Å². The Morgan fingerprint density at radius 3 is 1.80 bits per heavy atom. The fourth-order valence-corrected chi connectivity index (χ4v) is 7.04. The van der Waals surface area contributed by atoms with Crippen LogP contribution in [0.5, 0.6) is 11.5 Å². The van der Waals surface area contributed by atoms with Crippen LogP contribution in [0.3, 0.4) is 0 Å².